The molecule has 1 saturated carbocycles. The minimum Gasteiger partial charge on any atom is -0.330 e. The lowest BCUT2D eigenvalue weighted by Gasteiger charge is -2.40. The topological polar surface area (TPSA) is 89.3 Å². The molecule has 0 aromatic carbocycles. The van der Waals surface area contributed by atoms with Gasteiger partial charge in [0.05, 0.1) is 5.25 Å². The zero-order valence-corrected chi connectivity index (χ0v) is 10.6. The number of hydrogen-bond donors (Lipinski definition) is 2. The second-order valence-electron chi connectivity index (χ2n) is 4.85. The lowest BCUT2D eigenvalue weighted by molar-refractivity contribution is -0.122. The van der Waals surface area contributed by atoms with Crippen LogP contribution < -0.4 is 10.5 Å². The minimum atomic E-state index is -3.50. The quantitative estimate of drug-likeness (QED) is 0.735. The average Bonchev–Trinajstić information content (AvgIpc) is 2.10. The predicted molar refractivity (Wildman–Crippen MR) is 62.2 cm³/mol. The Kier molecular flexibility index (Phi) is 3.96. The van der Waals surface area contributed by atoms with Gasteiger partial charge in [0.15, 0.2) is 0 Å². The van der Waals surface area contributed by atoms with Crippen LogP contribution in [0, 0.1) is 5.41 Å². The lowest BCUT2D eigenvalue weighted by atomic mass is 9.66. The van der Waals surface area contributed by atoms with Crippen molar-refractivity contribution in [3.8, 4) is 0 Å². The fourth-order valence-electron chi connectivity index (χ4n) is 1.78. The molecule has 1 rings (SSSR count). The van der Waals surface area contributed by atoms with Crippen molar-refractivity contribution in [1.82, 2.24) is 4.72 Å². The highest BCUT2D eigenvalue weighted by Gasteiger charge is 2.38. The maximum Gasteiger partial charge on any atom is 0.237 e. The Balaban J connectivity index is 2.54. The molecule has 0 unspecified atom stereocenters. The first-order chi connectivity index (χ1) is 7.31. The Labute approximate surface area is 96.8 Å². The second kappa shape index (κ2) is 4.71. The SMILES string of the molecule is CC(C)S(=O)(=O)NC(=O)CC1(CN)CCC1. The molecule has 0 saturated heterocycles. The maximum absolute atomic E-state index is 11.6. The van der Waals surface area contributed by atoms with E-state index < -0.39 is 21.2 Å². The summed E-state index contributed by atoms with van der Waals surface area (Å²) in [6.07, 6.45) is 3.12. The van der Waals surface area contributed by atoms with E-state index in [1.54, 1.807) is 0 Å². The summed E-state index contributed by atoms with van der Waals surface area (Å²) in [5, 5.41) is -0.591. The molecule has 6 heteroatoms. The van der Waals surface area contributed by atoms with Gasteiger partial charge in [-0.3, -0.25) is 9.52 Å². The van der Waals surface area contributed by atoms with Crippen LogP contribution in [0.3, 0.4) is 0 Å². The van der Waals surface area contributed by atoms with Crippen LogP contribution in [-0.4, -0.2) is 26.1 Å². The first-order valence-electron chi connectivity index (χ1n) is 5.56. The number of sulfonamides is 1. The maximum atomic E-state index is 11.6. The molecule has 0 bridgehead atoms. The van der Waals surface area contributed by atoms with E-state index in [1.807, 2.05) is 0 Å². The highest BCUT2D eigenvalue weighted by Crippen LogP contribution is 2.42. The van der Waals surface area contributed by atoms with Crippen molar-refractivity contribution in [2.45, 2.75) is 44.8 Å². The Morgan fingerprint density at radius 2 is 2.00 bits per heavy atom. The third-order valence-electron chi connectivity index (χ3n) is 3.26. The third kappa shape index (κ3) is 2.95. The van der Waals surface area contributed by atoms with E-state index in [9.17, 15) is 13.2 Å². The molecule has 1 amide bonds. The van der Waals surface area contributed by atoms with Crippen molar-refractivity contribution in [2.75, 3.05) is 6.54 Å². The van der Waals surface area contributed by atoms with E-state index in [0.29, 0.717) is 6.54 Å². The Morgan fingerprint density at radius 3 is 2.31 bits per heavy atom. The van der Waals surface area contributed by atoms with E-state index in [1.165, 1.54) is 13.8 Å². The number of rotatable bonds is 5. The zero-order chi connectivity index (χ0) is 12.4. The molecule has 1 aliphatic rings. The number of carbonyl (C=O) groups is 1. The van der Waals surface area contributed by atoms with E-state index in [-0.39, 0.29) is 11.8 Å². The second-order valence-corrected chi connectivity index (χ2v) is 7.09. The predicted octanol–water partition coefficient (Wildman–Crippen LogP) is 0.360. The molecule has 0 aromatic heterocycles. The van der Waals surface area contributed by atoms with Crippen LogP contribution in [0.2, 0.25) is 0 Å². The van der Waals surface area contributed by atoms with Crippen LogP contribution in [0.25, 0.3) is 0 Å². The molecular formula is C10H20N2O3S. The van der Waals surface area contributed by atoms with Gasteiger partial charge >= 0.3 is 0 Å². The van der Waals surface area contributed by atoms with E-state index in [0.717, 1.165) is 19.3 Å². The smallest absolute Gasteiger partial charge is 0.237 e. The van der Waals surface area contributed by atoms with Crippen molar-refractivity contribution < 1.29 is 13.2 Å². The number of nitrogens with one attached hydrogen (secondary N) is 1. The summed E-state index contributed by atoms with van der Waals surface area (Å²) >= 11 is 0. The van der Waals surface area contributed by atoms with Crippen LogP contribution in [0.5, 0.6) is 0 Å². The van der Waals surface area contributed by atoms with Crippen molar-refractivity contribution in [1.29, 1.82) is 0 Å². The van der Waals surface area contributed by atoms with Crippen molar-refractivity contribution >= 4 is 15.9 Å². The molecule has 0 atom stereocenters. The largest absolute Gasteiger partial charge is 0.330 e. The van der Waals surface area contributed by atoms with Gasteiger partial charge in [-0.1, -0.05) is 6.42 Å². The fourth-order valence-corrected chi connectivity index (χ4v) is 2.41. The number of carbonyl (C=O) groups excluding carboxylic acids is 1. The minimum absolute atomic E-state index is 0.156. The molecule has 1 aliphatic carbocycles. The van der Waals surface area contributed by atoms with Crippen LogP contribution in [0.1, 0.15) is 39.5 Å². The van der Waals surface area contributed by atoms with Gasteiger partial charge in [0, 0.05) is 6.42 Å². The van der Waals surface area contributed by atoms with Crippen molar-refractivity contribution in [2.24, 2.45) is 11.1 Å². The molecule has 0 heterocycles. The Bertz CT molecular complexity index is 353. The van der Waals surface area contributed by atoms with Gasteiger partial charge in [0.1, 0.15) is 0 Å². The van der Waals surface area contributed by atoms with Gasteiger partial charge < -0.3 is 5.73 Å². The molecule has 1 fully saturated rings. The van der Waals surface area contributed by atoms with Crippen LogP contribution in [-0.2, 0) is 14.8 Å². The number of amides is 1. The lowest BCUT2D eigenvalue weighted by Crippen LogP contribution is -2.44. The van der Waals surface area contributed by atoms with Crippen LogP contribution >= 0.6 is 0 Å². The van der Waals surface area contributed by atoms with Gasteiger partial charge in [0.2, 0.25) is 15.9 Å². The van der Waals surface area contributed by atoms with Gasteiger partial charge in [-0.25, -0.2) is 8.42 Å². The summed E-state index contributed by atoms with van der Waals surface area (Å²) in [5.74, 6) is -0.432. The average molecular weight is 248 g/mol. The Hall–Kier alpha value is -0.620. The van der Waals surface area contributed by atoms with Crippen molar-refractivity contribution in [3.05, 3.63) is 0 Å². The first-order valence-corrected chi connectivity index (χ1v) is 7.10. The molecule has 0 radical (unpaired) electrons. The molecule has 5 nitrogen and oxygen atoms in total. The zero-order valence-electron chi connectivity index (χ0n) is 9.82. The van der Waals surface area contributed by atoms with Crippen LogP contribution in [0.4, 0.5) is 0 Å². The van der Waals surface area contributed by atoms with Gasteiger partial charge in [0.25, 0.3) is 0 Å². The standard InChI is InChI=1S/C10H20N2O3S/c1-8(2)16(14,15)12-9(13)6-10(7-11)4-3-5-10/h8H,3-7,11H2,1-2H3,(H,12,13). The monoisotopic (exact) mass is 248 g/mol. The van der Waals surface area contributed by atoms with Gasteiger partial charge in [-0.15, -0.1) is 0 Å². The van der Waals surface area contributed by atoms with Gasteiger partial charge in [-0.05, 0) is 38.6 Å². The molecule has 0 aromatic rings. The van der Waals surface area contributed by atoms with E-state index in [2.05, 4.69) is 4.72 Å². The fraction of sp³-hybridized carbons (Fsp3) is 0.900. The van der Waals surface area contributed by atoms with E-state index >= 15 is 0 Å². The molecule has 16 heavy (non-hydrogen) atoms. The van der Waals surface area contributed by atoms with Gasteiger partial charge in [-0.2, -0.15) is 0 Å². The summed E-state index contributed by atoms with van der Waals surface area (Å²) in [4.78, 5) is 11.6. The summed E-state index contributed by atoms with van der Waals surface area (Å²) < 4.78 is 25.0. The summed E-state index contributed by atoms with van der Waals surface area (Å²) in [6.45, 7) is 3.53. The summed E-state index contributed by atoms with van der Waals surface area (Å²) in [6, 6.07) is 0. The molecule has 3 N–H and O–H groups in total. The molecule has 0 aliphatic heterocycles. The molecule has 0 spiro atoms. The highest BCUT2D eigenvalue weighted by atomic mass is 32.2. The highest BCUT2D eigenvalue weighted by molar-refractivity contribution is 7.90. The summed E-state index contributed by atoms with van der Waals surface area (Å²) in [5.41, 5.74) is 5.46. The van der Waals surface area contributed by atoms with E-state index in [4.69, 9.17) is 5.73 Å². The number of hydrogen-bond acceptors (Lipinski definition) is 4. The normalized spacial score (nSPS) is 19.2. The Morgan fingerprint density at radius 1 is 1.44 bits per heavy atom. The van der Waals surface area contributed by atoms with Crippen molar-refractivity contribution in [3.63, 3.8) is 0 Å². The molecular weight excluding hydrogens is 228 g/mol. The number of nitrogens with two attached hydrogens (primary N) is 1. The molecule has 94 valence electrons. The first kappa shape index (κ1) is 13.4. The van der Waals surface area contributed by atoms with Crippen LogP contribution in [0.15, 0.2) is 0 Å². The third-order valence-corrected chi connectivity index (χ3v) is 5.01. The summed E-state index contributed by atoms with van der Waals surface area (Å²) in [7, 11) is -3.50.